The molecule has 0 bridgehead atoms. The minimum absolute atomic E-state index is 0.309. The highest BCUT2D eigenvalue weighted by molar-refractivity contribution is 14.1. The van der Waals surface area contributed by atoms with Gasteiger partial charge in [-0.1, -0.05) is 30.3 Å². The largest absolute Gasteiger partial charge is 0.313 e. The van der Waals surface area contributed by atoms with Crippen molar-refractivity contribution in [2.45, 2.75) is 12.5 Å². The number of nitrogens with zero attached hydrogens (tertiary/aromatic N) is 1. The van der Waals surface area contributed by atoms with Gasteiger partial charge in [-0.05, 0) is 53.4 Å². The van der Waals surface area contributed by atoms with Crippen LogP contribution in [-0.4, -0.2) is 12.0 Å². The average Bonchev–Trinajstić information content (AvgIpc) is 2.88. The fraction of sp³-hybridized carbons (Fsp3) is 0.188. The molecule has 4 heteroatoms. The van der Waals surface area contributed by atoms with E-state index >= 15 is 0 Å². The van der Waals surface area contributed by atoms with Crippen molar-refractivity contribution in [3.63, 3.8) is 0 Å². The number of nitrogens with one attached hydrogen (secondary N) is 1. The van der Waals surface area contributed by atoms with Gasteiger partial charge in [-0.15, -0.1) is 11.3 Å². The third kappa shape index (κ3) is 2.87. The highest BCUT2D eigenvalue weighted by atomic mass is 127. The van der Waals surface area contributed by atoms with Crippen LogP contribution in [0.2, 0.25) is 0 Å². The van der Waals surface area contributed by atoms with Gasteiger partial charge in [0.05, 0.1) is 15.2 Å². The molecule has 0 amide bonds. The first-order valence-corrected chi connectivity index (χ1v) is 8.43. The zero-order chi connectivity index (χ0) is 13.9. The first-order valence-electron chi connectivity index (χ1n) is 6.54. The number of para-hydroxylation sites is 1. The molecule has 0 spiro atoms. The monoisotopic (exact) mass is 394 g/mol. The van der Waals surface area contributed by atoms with Crippen molar-refractivity contribution in [3.05, 3.63) is 62.7 Å². The van der Waals surface area contributed by atoms with Crippen LogP contribution in [0.3, 0.4) is 0 Å². The van der Waals surface area contributed by atoms with E-state index in [4.69, 9.17) is 4.98 Å². The molecule has 102 valence electrons. The first-order chi connectivity index (χ1) is 9.78. The predicted octanol–water partition coefficient (Wildman–Crippen LogP) is 4.40. The van der Waals surface area contributed by atoms with Crippen LogP contribution < -0.4 is 5.32 Å². The van der Waals surface area contributed by atoms with Gasteiger partial charge in [0.2, 0.25) is 0 Å². The van der Waals surface area contributed by atoms with E-state index in [1.807, 2.05) is 13.1 Å². The summed E-state index contributed by atoms with van der Waals surface area (Å²) in [7, 11) is 2.01. The number of hydrogen-bond donors (Lipinski definition) is 1. The Morgan fingerprint density at radius 1 is 1.15 bits per heavy atom. The lowest BCUT2D eigenvalue weighted by Crippen LogP contribution is -2.19. The zero-order valence-corrected chi connectivity index (χ0v) is 14.1. The van der Waals surface area contributed by atoms with Gasteiger partial charge in [-0.2, -0.15) is 0 Å². The third-order valence-electron chi connectivity index (χ3n) is 3.35. The van der Waals surface area contributed by atoms with Crippen LogP contribution in [0, 0.1) is 3.57 Å². The number of hydrogen-bond acceptors (Lipinski definition) is 3. The Bertz CT molecular complexity index is 690. The van der Waals surface area contributed by atoms with Gasteiger partial charge in [0.1, 0.15) is 0 Å². The Morgan fingerprint density at radius 2 is 1.90 bits per heavy atom. The van der Waals surface area contributed by atoms with Crippen LogP contribution in [0.1, 0.15) is 16.6 Å². The summed E-state index contributed by atoms with van der Waals surface area (Å²) in [5.41, 5.74) is 2.44. The van der Waals surface area contributed by atoms with Crippen molar-refractivity contribution in [2.75, 3.05) is 7.05 Å². The summed E-state index contributed by atoms with van der Waals surface area (Å²) >= 11 is 4.19. The SMILES string of the molecule is CNC(Cc1nc2ccccc2s1)c1ccccc1I. The predicted molar refractivity (Wildman–Crippen MR) is 94.3 cm³/mol. The highest BCUT2D eigenvalue weighted by Crippen LogP contribution is 2.27. The number of fused-ring (bicyclic) bond motifs is 1. The second-order valence-electron chi connectivity index (χ2n) is 4.64. The van der Waals surface area contributed by atoms with E-state index in [0.717, 1.165) is 11.9 Å². The van der Waals surface area contributed by atoms with Gasteiger partial charge < -0.3 is 5.32 Å². The molecule has 3 rings (SSSR count). The molecule has 1 heterocycles. The van der Waals surface area contributed by atoms with Gasteiger partial charge in [0.15, 0.2) is 0 Å². The minimum Gasteiger partial charge on any atom is -0.313 e. The summed E-state index contributed by atoms with van der Waals surface area (Å²) < 4.78 is 2.56. The van der Waals surface area contributed by atoms with E-state index in [0.29, 0.717) is 6.04 Å². The van der Waals surface area contributed by atoms with E-state index < -0.39 is 0 Å². The molecule has 1 N–H and O–H groups in total. The molecule has 20 heavy (non-hydrogen) atoms. The molecule has 1 unspecified atom stereocenters. The summed E-state index contributed by atoms with van der Waals surface area (Å²) in [6, 6.07) is 17.2. The Balaban J connectivity index is 1.90. The molecule has 0 saturated carbocycles. The fourth-order valence-corrected chi connectivity index (χ4v) is 4.08. The molecule has 3 aromatic rings. The maximum absolute atomic E-state index is 4.73. The molecule has 0 aliphatic carbocycles. The van der Waals surface area contributed by atoms with Crippen molar-refractivity contribution in [3.8, 4) is 0 Å². The molecule has 0 aliphatic rings. The summed E-state index contributed by atoms with van der Waals surface area (Å²) in [6.07, 6.45) is 0.926. The van der Waals surface area contributed by atoms with E-state index in [1.54, 1.807) is 11.3 Å². The van der Waals surface area contributed by atoms with Crippen LogP contribution in [0.4, 0.5) is 0 Å². The number of benzene rings is 2. The molecule has 1 atom stereocenters. The lowest BCUT2D eigenvalue weighted by atomic mass is 10.0. The molecule has 0 saturated heterocycles. The molecule has 0 radical (unpaired) electrons. The van der Waals surface area contributed by atoms with Gasteiger partial charge in [-0.3, -0.25) is 0 Å². The van der Waals surface area contributed by atoms with E-state index in [1.165, 1.54) is 18.8 Å². The summed E-state index contributed by atoms with van der Waals surface area (Å²) in [6.45, 7) is 0. The Morgan fingerprint density at radius 3 is 2.65 bits per heavy atom. The van der Waals surface area contributed by atoms with Crippen LogP contribution >= 0.6 is 33.9 Å². The zero-order valence-electron chi connectivity index (χ0n) is 11.1. The molecular weight excluding hydrogens is 379 g/mol. The topological polar surface area (TPSA) is 24.9 Å². The summed E-state index contributed by atoms with van der Waals surface area (Å²) in [5, 5.41) is 4.60. The van der Waals surface area contributed by atoms with Gasteiger partial charge in [0, 0.05) is 16.0 Å². The molecule has 2 nitrogen and oxygen atoms in total. The maximum atomic E-state index is 4.73. The first kappa shape index (κ1) is 14.0. The Labute approximate surface area is 136 Å². The van der Waals surface area contributed by atoms with Crippen LogP contribution in [-0.2, 0) is 6.42 Å². The van der Waals surface area contributed by atoms with Gasteiger partial charge in [-0.25, -0.2) is 4.98 Å². The van der Waals surface area contributed by atoms with Crippen LogP contribution in [0.5, 0.6) is 0 Å². The third-order valence-corrected chi connectivity index (χ3v) is 5.39. The quantitative estimate of drug-likeness (QED) is 0.664. The smallest absolute Gasteiger partial charge is 0.0957 e. The Hall–Kier alpha value is -0.980. The standard InChI is InChI=1S/C16H15IN2S/c1-18-14(11-6-2-3-7-12(11)17)10-16-19-13-8-4-5-9-15(13)20-16/h2-9,14,18H,10H2,1H3. The maximum Gasteiger partial charge on any atom is 0.0957 e. The second-order valence-corrected chi connectivity index (χ2v) is 6.92. The van der Waals surface area contributed by atoms with Crippen LogP contribution in [0.25, 0.3) is 10.2 Å². The van der Waals surface area contributed by atoms with Crippen molar-refractivity contribution < 1.29 is 0 Å². The van der Waals surface area contributed by atoms with Crippen molar-refractivity contribution in [1.82, 2.24) is 10.3 Å². The number of thiazole rings is 1. The van der Waals surface area contributed by atoms with Crippen molar-refractivity contribution in [1.29, 1.82) is 0 Å². The Kier molecular flexibility index (Phi) is 4.33. The summed E-state index contributed by atoms with van der Waals surface area (Å²) in [5.74, 6) is 0. The lowest BCUT2D eigenvalue weighted by molar-refractivity contribution is 0.588. The van der Waals surface area contributed by atoms with Crippen molar-refractivity contribution >= 4 is 44.1 Å². The molecule has 2 aromatic carbocycles. The molecule has 0 aliphatic heterocycles. The molecule has 0 fully saturated rings. The average molecular weight is 394 g/mol. The number of rotatable bonds is 4. The molecular formula is C16H15IN2S. The number of aromatic nitrogens is 1. The second kappa shape index (κ2) is 6.20. The number of halogens is 1. The van der Waals surface area contributed by atoms with E-state index in [9.17, 15) is 0 Å². The lowest BCUT2D eigenvalue weighted by Gasteiger charge is -2.16. The van der Waals surface area contributed by atoms with Gasteiger partial charge >= 0.3 is 0 Å². The van der Waals surface area contributed by atoms with E-state index in [2.05, 4.69) is 70.4 Å². The molecule has 1 aromatic heterocycles. The minimum atomic E-state index is 0.309. The van der Waals surface area contributed by atoms with E-state index in [-0.39, 0.29) is 0 Å². The van der Waals surface area contributed by atoms with Crippen molar-refractivity contribution in [2.24, 2.45) is 0 Å². The van der Waals surface area contributed by atoms with Gasteiger partial charge in [0.25, 0.3) is 0 Å². The summed E-state index contributed by atoms with van der Waals surface area (Å²) in [4.78, 5) is 4.73. The fourth-order valence-electron chi connectivity index (χ4n) is 2.31. The highest BCUT2D eigenvalue weighted by Gasteiger charge is 2.15. The normalized spacial score (nSPS) is 12.7. The van der Waals surface area contributed by atoms with Crippen LogP contribution in [0.15, 0.2) is 48.5 Å². The number of likely N-dealkylation sites (N-methyl/N-ethyl adjacent to an activating group) is 1.